The molecule has 0 unspecified atom stereocenters. The van der Waals surface area contributed by atoms with Crippen molar-refractivity contribution in [2.75, 3.05) is 17.7 Å². The molecule has 3 heteroatoms. The van der Waals surface area contributed by atoms with Gasteiger partial charge in [0.25, 0.3) is 0 Å². The molecule has 0 bridgehead atoms. The molecule has 0 fully saturated rings. The minimum atomic E-state index is 1.02. The molecule has 3 nitrogen and oxygen atoms in total. The van der Waals surface area contributed by atoms with Gasteiger partial charge in [-0.3, -0.25) is 0 Å². The summed E-state index contributed by atoms with van der Waals surface area (Å²) in [5.41, 5.74) is 2.25. The van der Waals surface area contributed by atoms with E-state index < -0.39 is 0 Å². The van der Waals surface area contributed by atoms with Crippen LogP contribution < -0.4 is 10.6 Å². The SMILES string of the molecule is CNc1cc[nH]c1NC1=CCCC=C1. The number of aromatic nitrogens is 1. The van der Waals surface area contributed by atoms with Gasteiger partial charge in [-0.25, -0.2) is 0 Å². The van der Waals surface area contributed by atoms with Crippen molar-refractivity contribution in [2.24, 2.45) is 0 Å². The summed E-state index contributed by atoms with van der Waals surface area (Å²) in [7, 11) is 1.92. The number of anilines is 2. The number of allylic oxidation sites excluding steroid dienone is 3. The van der Waals surface area contributed by atoms with Crippen molar-refractivity contribution in [2.45, 2.75) is 12.8 Å². The van der Waals surface area contributed by atoms with Gasteiger partial charge >= 0.3 is 0 Å². The molecule has 2 rings (SSSR count). The second-order valence-corrected chi connectivity index (χ2v) is 3.28. The zero-order valence-electron chi connectivity index (χ0n) is 8.30. The molecular formula is C11H15N3. The van der Waals surface area contributed by atoms with Crippen LogP contribution in [0.2, 0.25) is 0 Å². The molecule has 0 aliphatic heterocycles. The number of aromatic amines is 1. The third kappa shape index (κ3) is 1.82. The van der Waals surface area contributed by atoms with Crippen molar-refractivity contribution < 1.29 is 0 Å². The number of H-pyrrole nitrogens is 1. The van der Waals surface area contributed by atoms with Crippen LogP contribution in [0.1, 0.15) is 12.8 Å². The van der Waals surface area contributed by atoms with E-state index in [0.717, 1.165) is 30.0 Å². The van der Waals surface area contributed by atoms with E-state index in [1.165, 1.54) is 0 Å². The van der Waals surface area contributed by atoms with Gasteiger partial charge < -0.3 is 15.6 Å². The van der Waals surface area contributed by atoms with Crippen molar-refractivity contribution in [3.8, 4) is 0 Å². The first-order valence-electron chi connectivity index (χ1n) is 4.89. The van der Waals surface area contributed by atoms with Gasteiger partial charge in [-0.15, -0.1) is 0 Å². The zero-order chi connectivity index (χ0) is 9.80. The summed E-state index contributed by atoms with van der Waals surface area (Å²) in [5, 5.41) is 6.46. The van der Waals surface area contributed by atoms with E-state index >= 15 is 0 Å². The van der Waals surface area contributed by atoms with E-state index in [1.807, 2.05) is 19.3 Å². The molecule has 1 aliphatic carbocycles. The highest BCUT2D eigenvalue weighted by molar-refractivity contribution is 5.67. The lowest BCUT2D eigenvalue weighted by molar-refractivity contribution is 1.02. The fourth-order valence-electron chi connectivity index (χ4n) is 1.53. The average Bonchev–Trinajstić information content (AvgIpc) is 2.67. The highest BCUT2D eigenvalue weighted by Gasteiger charge is 2.03. The zero-order valence-corrected chi connectivity index (χ0v) is 8.30. The van der Waals surface area contributed by atoms with Crippen LogP contribution in [0.3, 0.4) is 0 Å². The maximum absolute atomic E-state index is 3.34. The van der Waals surface area contributed by atoms with Crippen LogP contribution >= 0.6 is 0 Å². The molecule has 0 amide bonds. The predicted molar refractivity (Wildman–Crippen MR) is 60.4 cm³/mol. The van der Waals surface area contributed by atoms with E-state index in [2.05, 4.69) is 33.8 Å². The van der Waals surface area contributed by atoms with Crippen LogP contribution in [-0.2, 0) is 0 Å². The summed E-state index contributed by atoms with van der Waals surface area (Å²) in [4.78, 5) is 3.16. The van der Waals surface area contributed by atoms with Gasteiger partial charge in [0.05, 0.1) is 5.69 Å². The monoisotopic (exact) mass is 189 g/mol. The Kier molecular flexibility index (Phi) is 2.58. The van der Waals surface area contributed by atoms with Crippen molar-refractivity contribution in [1.82, 2.24) is 4.98 Å². The molecule has 14 heavy (non-hydrogen) atoms. The summed E-state index contributed by atoms with van der Waals surface area (Å²) in [6.45, 7) is 0. The highest BCUT2D eigenvalue weighted by atomic mass is 15.0. The summed E-state index contributed by atoms with van der Waals surface area (Å²) in [6.07, 6.45) is 10.7. The van der Waals surface area contributed by atoms with Crippen LogP contribution in [-0.4, -0.2) is 12.0 Å². The Morgan fingerprint density at radius 2 is 2.29 bits per heavy atom. The van der Waals surface area contributed by atoms with E-state index in [9.17, 15) is 0 Å². The number of nitrogens with one attached hydrogen (secondary N) is 3. The summed E-state index contributed by atoms with van der Waals surface area (Å²) >= 11 is 0. The lowest BCUT2D eigenvalue weighted by Gasteiger charge is -2.10. The fraction of sp³-hybridized carbons (Fsp3) is 0.273. The molecule has 74 valence electrons. The second-order valence-electron chi connectivity index (χ2n) is 3.28. The van der Waals surface area contributed by atoms with Gasteiger partial charge in [0.1, 0.15) is 5.82 Å². The highest BCUT2D eigenvalue weighted by Crippen LogP contribution is 2.21. The Balaban J connectivity index is 2.10. The second kappa shape index (κ2) is 4.05. The Hall–Kier alpha value is -1.64. The normalized spacial score (nSPS) is 15.1. The predicted octanol–water partition coefficient (Wildman–Crippen LogP) is 2.70. The van der Waals surface area contributed by atoms with Gasteiger partial charge in [-0.05, 0) is 25.0 Å². The summed E-state index contributed by atoms with van der Waals surface area (Å²) in [6, 6.07) is 2.01. The number of rotatable bonds is 3. The maximum atomic E-state index is 3.34. The fourth-order valence-corrected chi connectivity index (χ4v) is 1.53. The molecular weight excluding hydrogens is 174 g/mol. The largest absolute Gasteiger partial charge is 0.385 e. The molecule has 0 atom stereocenters. The Morgan fingerprint density at radius 1 is 1.36 bits per heavy atom. The molecule has 1 heterocycles. The Labute approximate surface area is 83.9 Å². The molecule has 0 spiro atoms. The first-order chi connectivity index (χ1) is 6.90. The van der Waals surface area contributed by atoms with E-state index in [1.54, 1.807) is 0 Å². The minimum absolute atomic E-state index is 1.02. The lowest BCUT2D eigenvalue weighted by atomic mass is 10.1. The smallest absolute Gasteiger partial charge is 0.131 e. The number of hydrogen-bond acceptors (Lipinski definition) is 2. The van der Waals surface area contributed by atoms with E-state index in [4.69, 9.17) is 0 Å². The number of hydrogen-bond donors (Lipinski definition) is 3. The van der Waals surface area contributed by atoms with E-state index in [-0.39, 0.29) is 0 Å². The lowest BCUT2D eigenvalue weighted by Crippen LogP contribution is -2.01. The Bertz CT molecular complexity index is 360. The summed E-state index contributed by atoms with van der Waals surface area (Å²) < 4.78 is 0. The standard InChI is InChI=1S/C11H15N3/c1-12-10-7-8-13-11(10)14-9-5-3-2-4-6-9/h3,5-8,12-14H,2,4H2,1H3. The molecule has 1 aromatic heterocycles. The van der Waals surface area contributed by atoms with Crippen LogP contribution in [0.15, 0.2) is 36.2 Å². The van der Waals surface area contributed by atoms with Crippen LogP contribution in [0.5, 0.6) is 0 Å². The molecule has 1 aromatic rings. The quantitative estimate of drug-likeness (QED) is 0.684. The third-order valence-corrected chi connectivity index (χ3v) is 2.28. The van der Waals surface area contributed by atoms with Crippen molar-refractivity contribution >= 4 is 11.5 Å². The molecule has 1 aliphatic rings. The van der Waals surface area contributed by atoms with Crippen LogP contribution in [0, 0.1) is 0 Å². The first kappa shape index (κ1) is 8.94. The third-order valence-electron chi connectivity index (χ3n) is 2.28. The molecule has 0 saturated carbocycles. The van der Waals surface area contributed by atoms with Gasteiger partial charge in [0, 0.05) is 18.9 Å². The van der Waals surface area contributed by atoms with Crippen molar-refractivity contribution in [3.05, 3.63) is 36.2 Å². The van der Waals surface area contributed by atoms with Crippen molar-refractivity contribution in [1.29, 1.82) is 0 Å². The van der Waals surface area contributed by atoms with E-state index in [0.29, 0.717) is 0 Å². The first-order valence-corrected chi connectivity index (χ1v) is 4.89. The van der Waals surface area contributed by atoms with Gasteiger partial charge in [-0.2, -0.15) is 0 Å². The van der Waals surface area contributed by atoms with Crippen LogP contribution in [0.25, 0.3) is 0 Å². The Morgan fingerprint density at radius 3 is 3.00 bits per heavy atom. The van der Waals surface area contributed by atoms with Gasteiger partial charge in [-0.1, -0.05) is 12.2 Å². The molecule has 3 N–H and O–H groups in total. The van der Waals surface area contributed by atoms with Gasteiger partial charge in [0.15, 0.2) is 0 Å². The molecule has 0 aromatic carbocycles. The van der Waals surface area contributed by atoms with Crippen molar-refractivity contribution in [3.63, 3.8) is 0 Å². The maximum Gasteiger partial charge on any atom is 0.131 e. The topological polar surface area (TPSA) is 39.9 Å². The average molecular weight is 189 g/mol. The molecule has 0 saturated heterocycles. The minimum Gasteiger partial charge on any atom is -0.385 e. The summed E-state index contributed by atoms with van der Waals surface area (Å²) in [5.74, 6) is 1.02. The van der Waals surface area contributed by atoms with Crippen LogP contribution in [0.4, 0.5) is 11.5 Å². The molecule has 0 radical (unpaired) electrons. The van der Waals surface area contributed by atoms with Gasteiger partial charge in [0.2, 0.25) is 0 Å².